The van der Waals surface area contributed by atoms with E-state index in [9.17, 15) is 5.11 Å². The zero-order chi connectivity index (χ0) is 14.5. The summed E-state index contributed by atoms with van der Waals surface area (Å²) < 4.78 is 0. The smallest absolute Gasteiger partial charge is 0.0974 e. The zero-order valence-corrected chi connectivity index (χ0v) is 12.2. The second-order valence-electron chi connectivity index (χ2n) is 5.29. The maximum Gasteiger partial charge on any atom is 0.0974 e. The van der Waals surface area contributed by atoms with Crippen LogP contribution in [0.25, 0.3) is 0 Å². The van der Waals surface area contributed by atoms with Gasteiger partial charge in [0.2, 0.25) is 0 Å². The Morgan fingerprint density at radius 3 is 2.53 bits per heavy atom. The summed E-state index contributed by atoms with van der Waals surface area (Å²) in [5, 5.41) is 11.0. The molecule has 102 valence electrons. The quantitative estimate of drug-likeness (QED) is 0.809. The molecule has 1 atom stereocenters. The molecule has 2 nitrogen and oxygen atoms in total. The van der Waals surface area contributed by atoms with E-state index in [1.165, 1.54) is 0 Å². The van der Waals surface area contributed by atoms with Gasteiger partial charge in [0.1, 0.15) is 0 Å². The molecule has 1 rings (SSSR count). The lowest BCUT2D eigenvalue weighted by Crippen LogP contribution is -2.40. The highest BCUT2D eigenvalue weighted by atomic mass is 16.3. The minimum atomic E-state index is -1.02. The van der Waals surface area contributed by atoms with Crippen molar-refractivity contribution in [2.24, 2.45) is 5.41 Å². The monoisotopic (exact) mass is 257 g/mol. The second-order valence-corrected chi connectivity index (χ2v) is 5.29. The van der Waals surface area contributed by atoms with Gasteiger partial charge in [-0.15, -0.1) is 0 Å². The van der Waals surface area contributed by atoms with Crippen molar-refractivity contribution in [1.82, 2.24) is 4.98 Å². The minimum Gasteiger partial charge on any atom is -0.384 e. The van der Waals surface area contributed by atoms with Gasteiger partial charge in [0.15, 0.2) is 0 Å². The Labute approximate surface area is 116 Å². The SMILES string of the molecule is C=C/C(=C\C=C/C)C(C)(C)C(C)(O)c1cccnc1. The molecule has 0 aliphatic rings. The van der Waals surface area contributed by atoms with Crippen molar-refractivity contribution in [1.29, 1.82) is 0 Å². The van der Waals surface area contributed by atoms with Crippen molar-refractivity contribution >= 4 is 0 Å². The third kappa shape index (κ3) is 3.02. The molecule has 1 N–H and O–H groups in total. The third-order valence-corrected chi connectivity index (χ3v) is 3.85. The van der Waals surface area contributed by atoms with Gasteiger partial charge in [-0.1, -0.05) is 50.8 Å². The van der Waals surface area contributed by atoms with E-state index in [1.54, 1.807) is 18.5 Å². The topological polar surface area (TPSA) is 33.1 Å². The molecule has 0 saturated carbocycles. The van der Waals surface area contributed by atoms with E-state index in [-0.39, 0.29) is 0 Å². The van der Waals surface area contributed by atoms with E-state index in [0.717, 1.165) is 11.1 Å². The normalized spacial score (nSPS) is 16.4. The average molecular weight is 257 g/mol. The van der Waals surface area contributed by atoms with Gasteiger partial charge in [-0.05, 0) is 25.5 Å². The number of hydrogen-bond acceptors (Lipinski definition) is 2. The molecule has 0 spiro atoms. The second kappa shape index (κ2) is 5.98. The third-order valence-electron chi connectivity index (χ3n) is 3.85. The number of pyridine rings is 1. The van der Waals surface area contributed by atoms with Gasteiger partial charge >= 0.3 is 0 Å². The molecular weight excluding hydrogens is 234 g/mol. The predicted molar refractivity (Wildman–Crippen MR) is 80.7 cm³/mol. The van der Waals surface area contributed by atoms with Gasteiger partial charge in [-0.2, -0.15) is 0 Å². The summed E-state index contributed by atoms with van der Waals surface area (Å²) in [6, 6.07) is 3.73. The predicted octanol–water partition coefficient (Wildman–Crippen LogP) is 4.00. The Morgan fingerprint density at radius 1 is 1.37 bits per heavy atom. The molecule has 0 aliphatic heterocycles. The fourth-order valence-electron chi connectivity index (χ4n) is 2.02. The molecule has 0 amide bonds. The Kier molecular flexibility index (Phi) is 4.84. The van der Waals surface area contributed by atoms with Crippen LogP contribution >= 0.6 is 0 Å². The lowest BCUT2D eigenvalue weighted by Gasteiger charge is -2.41. The van der Waals surface area contributed by atoms with Crippen molar-refractivity contribution in [3.05, 3.63) is 66.5 Å². The summed E-state index contributed by atoms with van der Waals surface area (Å²) in [6.07, 6.45) is 11.1. The van der Waals surface area contributed by atoms with Crippen LogP contribution in [0.3, 0.4) is 0 Å². The van der Waals surface area contributed by atoms with Crippen molar-refractivity contribution in [3.8, 4) is 0 Å². The first-order chi connectivity index (χ1) is 8.87. The Morgan fingerprint density at radius 2 is 2.05 bits per heavy atom. The van der Waals surface area contributed by atoms with E-state index < -0.39 is 11.0 Å². The first kappa shape index (κ1) is 15.4. The van der Waals surface area contributed by atoms with Crippen molar-refractivity contribution < 1.29 is 5.11 Å². The van der Waals surface area contributed by atoms with Crippen molar-refractivity contribution in [2.45, 2.75) is 33.3 Å². The highest BCUT2D eigenvalue weighted by Crippen LogP contribution is 2.44. The van der Waals surface area contributed by atoms with E-state index in [4.69, 9.17) is 0 Å². The van der Waals surface area contributed by atoms with Gasteiger partial charge in [0.05, 0.1) is 5.60 Å². The number of nitrogens with zero attached hydrogens (tertiary/aromatic N) is 1. The fraction of sp³-hybridized carbons (Fsp3) is 0.353. The summed E-state index contributed by atoms with van der Waals surface area (Å²) in [5.41, 5.74) is 0.285. The molecule has 0 aromatic carbocycles. The van der Waals surface area contributed by atoms with Crippen LogP contribution in [0.1, 0.15) is 33.3 Å². The Bertz CT molecular complexity index is 481. The van der Waals surface area contributed by atoms with Gasteiger partial charge in [-0.25, -0.2) is 0 Å². The van der Waals surface area contributed by atoms with Crippen molar-refractivity contribution in [2.75, 3.05) is 0 Å². The summed E-state index contributed by atoms with van der Waals surface area (Å²) in [5.74, 6) is 0. The molecule has 2 heteroatoms. The first-order valence-electron chi connectivity index (χ1n) is 6.46. The summed E-state index contributed by atoms with van der Waals surface area (Å²) in [4.78, 5) is 4.09. The lowest BCUT2D eigenvalue weighted by atomic mass is 9.67. The molecule has 0 bridgehead atoms. The number of hydrogen-bond donors (Lipinski definition) is 1. The molecule has 1 aromatic rings. The van der Waals surface area contributed by atoms with E-state index in [2.05, 4.69) is 11.6 Å². The van der Waals surface area contributed by atoms with E-state index >= 15 is 0 Å². The van der Waals surface area contributed by atoms with Crippen LogP contribution in [0.15, 0.2) is 61.0 Å². The molecule has 0 aliphatic carbocycles. The average Bonchev–Trinajstić information content (AvgIpc) is 2.40. The largest absolute Gasteiger partial charge is 0.384 e. The maximum atomic E-state index is 11.0. The van der Waals surface area contributed by atoms with Crippen LogP contribution in [0.2, 0.25) is 0 Å². The van der Waals surface area contributed by atoms with Crippen LogP contribution in [-0.2, 0) is 5.60 Å². The zero-order valence-electron chi connectivity index (χ0n) is 12.2. The number of allylic oxidation sites excluding steroid dienone is 4. The standard InChI is InChI=1S/C17H23NO/c1-6-8-10-14(7-2)16(3,4)17(5,19)15-11-9-12-18-13-15/h6-13,19H,2H2,1,3-5H3/b8-6-,14-10+. The summed E-state index contributed by atoms with van der Waals surface area (Å²) in [7, 11) is 0. The lowest BCUT2D eigenvalue weighted by molar-refractivity contribution is -0.0354. The van der Waals surface area contributed by atoms with E-state index in [1.807, 2.05) is 58.1 Å². The van der Waals surface area contributed by atoms with Crippen molar-refractivity contribution in [3.63, 3.8) is 0 Å². The van der Waals surface area contributed by atoms with Crippen LogP contribution in [0, 0.1) is 5.41 Å². The fourth-order valence-corrected chi connectivity index (χ4v) is 2.02. The molecule has 1 unspecified atom stereocenters. The number of aliphatic hydroxyl groups is 1. The molecular formula is C17H23NO. The molecule has 1 heterocycles. The van der Waals surface area contributed by atoms with Crippen LogP contribution < -0.4 is 0 Å². The highest BCUT2D eigenvalue weighted by molar-refractivity contribution is 5.35. The molecule has 19 heavy (non-hydrogen) atoms. The number of aromatic nitrogens is 1. The van der Waals surface area contributed by atoms with Crippen LogP contribution in [-0.4, -0.2) is 10.1 Å². The van der Waals surface area contributed by atoms with Gasteiger partial charge < -0.3 is 5.11 Å². The molecule has 1 aromatic heterocycles. The van der Waals surface area contributed by atoms with Gasteiger partial charge in [0.25, 0.3) is 0 Å². The Balaban J connectivity index is 3.27. The van der Waals surface area contributed by atoms with Crippen LogP contribution in [0.4, 0.5) is 0 Å². The minimum absolute atomic E-state index is 0.475. The van der Waals surface area contributed by atoms with Gasteiger partial charge in [-0.3, -0.25) is 4.98 Å². The Hall–Kier alpha value is -1.67. The van der Waals surface area contributed by atoms with Crippen LogP contribution in [0.5, 0.6) is 0 Å². The summed E-state index contributed by atoms with van der Waals surface area (Å²) >= 11 is 0. The first-order valence-corrected chi connectivity index (χ1v) is 6.46. The molecule has 0 saturated heterocycles. The maximum absolute atomic E-state index is 11.0. The number of rotatable bonds is 5. The van der Waals surface area contributed by atoms with E-state index in [0.29, 0.717) is 0 Å². The van der Waals surface area contributed by atoms with Gasteiger partial charge in [0, 0.05) is 23.4 Å². The molecule has 0 radical (unpaired) electrons. The highest BCUT2D eigenvalue weighted by Gasteiger charge is 2.42. The molecule has 0 fully saturated rings. The summed E-state index contributed by atoms with van der Waals surface area (Å²) in [6.45, 7) is 11.7.